The molecule has 1 unspecified atom stereocenters. The fraction of sp³-hybridized carbons (Fsp3) is 0.646. The van der Waals surface area contributed by atoms with Crippen LogP contribution in [0.5, 0.6) is 0 Å². The number of likely N-dealkylation sites (N-methyl/N-ethyl adjacent to an activating group) is 2. The Morgan fingerprint density at radius 1 is 0.969 bits per heavy atom. The summed E-state index contributed by atoms with van der Waals surface area (Å²) in [5.74, 6) is -2.32. The molecule has 1 saturated heterocycles. The van der Waals surface area contributed by atoms with E-state index in [1.807, 2.05) is 73.7 Å². The Hall–Kier alpha value is -4.54. The molecule has 1 aliphatic rings. The number of thioether (sulfide) groups is 1. The number of ketones is 1. The van der Waals surface area contributed by atoms with Gasteiger partial charge in [0.2, 0.25) is 29.5 Å². The highest BCUT2D eigenvalue weighted by Gasteiger charge is 2.43. The first-order valence-corrected chi connectivity index (χ1v) is 23.7. The number of carboxylic acid groups (broad SMARTS) is 1. The topological polar surface area (TPSA) is 213 Å². The standard InChI is InChI=1S/C48H75N7O8S/c1-30(2)37(54(11)45(61)41(47(4,5)6)52-43(59)40(50-9)48(7,8)34-28-53(10)36-23-17-16-22-33(34)36)26-31(3)42(58)51-24-18-12-14-20-32(56)21-15-13-19-25-55-39(57)27-38(44(55)60)64-29-35(49)46(62)63/h16-17,22-23,26,28,30,35,37-38,40-41,50H,12-15,18-21,24-25,27,29,49H2,1-11H3,(H,51,58)(H,52,59)(H,62,63)/b31-26+/t35-,37+,38?,40+,41+/m0/s1. The molecule has 0 aliphatic carbocycles. The maximum Gasteiger partial charge on any atom is 0.321 e. The van der Waals surface area contributed by atoms with Gasteiger partial charge < -0.3 is 36.3 Å². The summed E-state index contributed by atoms with van der Waals surface area (Å²) in [5.41, 5.74) is 6.83. The minimum Gasteiger partial charge on any atom is -0.480 e. The molecule has 1 aromatic heterocycles. The predicted octanol–water partition coefficient (Wildman–Crippen LogP) is 5.08. The van der Waals surface area contributed by atoms with Crippen molar-refractivity contribution >= 4 is 64.0 Å². The number of unbranched alkanes of at least 4 members (excludes halogenated alkanes) is 4. The summed E-state index contributed by atoms with van der Waals surface area (Å²) in [6.45, 7) is 16.3. The number of fused-ring (bicyclic) bond motifs is 1. The number of carboxylic acids is 1. The highest BCUT2D eigenvalue weighted by atomic mass is 32.2. The van der Waals surface area contributed by atoms with Gasteiger partial charge in [-0.05, 0) is 62.6 Å². The van der Waals surface area contributed by atoms with Crippen LogP contribution in [0.25, 0.3) is 10.9 Å². The quantitative estimate of drug-likeness (QED) is 0.0477. The van der Waals surface area contributed by atoms with E-state index in [1.165, 1.54) is 4.90 Å². The molecule has 356 valence electrons. The largest absolute Gasteiger partial charge is 0.480 e. The monoisotopic (exact) mass is 910 g/mol. The highest BCUT2D eigenvalue weighted by Crippen LogP contribution is 2.35. The molecule has 2 heterocycles. The van der Waals surface area contributed by atoms with E-state index in [2.05, 4.69) is 38.8 Å². The zero-order valence-corrected chi connectivity index (χ0v) is 40.9. The van der Waals surface area contributed by atoms with E-state index >= 15 is 0 Å². The van der Waals surface area contributed by atoms with Gasteiger partial charge in [-0.25, -0.2) is 0 Å². The third-order valence-electron chi connectivity index (χ3n) is 12.3. The molecule has 6 N–H and O–H groups in total. The Balaban J connectivity index is 1.45. The molecule has 0 bridgehead atoms. The van der Waals surface area contributed by atoms with Crippen molar-refractivity contribution in [3.8, 4) is 0 Å². The third kappa shape index (κ3) is 14.5. The smallest absolute Gasteiger partial charge is 0.321 e. The van der Waals surface area contributed by atoms with E-state index in [0.29, 0.717) is 57.1 Å². The first-order chi connectivity index (χ1) is 29.9. The second-order valence-electron chi connectivity index (χ2n) is 19.2. The number of aryl methyl sites for hydroxylation is 1. The van der Waals surface area contributed by atoms with Gasteiger partial charge in [-0.3, -0.25) is 38.5 Å². The van der Waals surface area contributed by atoms with E-state index < -0.39 is 46.2 Å². The van der Waals surface area contributed by atoms with E-state index in [4.69, 9.17) is 10.8 Å². The van der Waals surface area contributed by atoms with Crippen molar-refractivity contribution in [3.05, 3.63) is 47.7 Å². The molecule has 5 amide bonds. The van der Waals surface area contributed by atoms with Gasteiger partial charge in [0.25, 0.3) is 0 Å². The number of benzene rings is 1. The minimum absolute atomic E-state index is 0.0326. The lowest BCUT2D eigenvalue weighted by Gasteiger charge is -2.39. The molecule has 0 radical (unpaired) electrons. The lowest BCUT2D eigenvalue weighted by Crippen LogP contribution is -2.61. The third-order valence-corrected chi connectivity index (χ3v) is 13.6. The molecule has 1 aliphatic heterocycles. The SMILES string of the molecule is CN[C@H](C(=O)N[C@H](C(=O)N(C)[C@H](/C=C(\C)C(=O)NCCCCCC(=O)CCCCCN1C(=O)CC(SC[C@H](N)C(=O)O)C1=O)C(C)C)C(C)(C)C)C(C)(C)c1cn(C)c2ccccc12. The van der Waals surface area contributed by atoms with Crippen LogP contribution in [0.3, 0.4) is 0 Å². The summed E-state index contributed by atoms with van der Waals surface area (Å²) in [7, 11) is 5.47. The Morgan fingerprint density at radius 2 is 1.59 bits per heavy atom. The van der Waals surface area contributed by atoms with Crippen LogP contribution in [0, 0.1) is 11.3 Å². The van der Waals surface area contributed by atoms with Crippen molar-refractivity contribution in [2.75, 3.05) is 32.9 Å². The van der Waals surface area contributed by atoms with Crippen molar-refractivity contribution in [1.82, 2.24) is 30.3 Å². The van der Waals surface area contributed by atoms with Crippen LogP contribution in [0.1, 0.15) is 119 Å². The number of hydrogen-bond acceptors (Lipinski definition) is 10. The zero-order valence-electron chi connectivity index (χ0n) is 40.0. The van der Waals surface area contributed by atoms with E-state index in [1.54, 1.807) is 25.9 Å². The lowest BCUT2D eigenvalue weighted by atomic mass is 9.76. The van der Waals surface area contributed by atoms with Crippen LogP contribution in [-0.2, 0) is 46.0 Å². The van der Waals surface area contributed by atoms with Crippen molar-refractivity contribution in [2.45, 2.75) is 148 Å². The van der Waals surface area contributed by atoms with Crippen LogP contribution in [0.15, 0.2) is 42.1 Å². The molecular formula is C48H75N7O8S. The molecule has 1 aromatic carbocycles. The van der Waals surface area contributed by atoms with Gasteiger partial charge in [0.05, 0.1) is 17.3 Å². The predicted molar refractivity (Wildman–Crippen MR) is 253 cm³/mol. The molecule has 3 rings (SSSR count). The molecule has 16 heteroatoms. The number of nitrogens with two attached hydrogens (primary N) is 1. The van der Waals surface area contributed by atoms with E-state index in [9.17, 15) is 33.6 Å². The van der Waals surface area contributed by atoms with E-state index in [0.717, 1.165) is 34.6 Å². The van der Waals surface area contributed by atoms with Gasteiger partial charge in [0, 0.05) is 80.3 Å². The van der Waals surface area contributed by atoms with Gasteiger partial charge in [0.1, 0.15) is 17.9 Å². The second kappa shape index (κ2) is 24.1. The fourth-order valence-electron chi connectivity index (χ4n) is 8.31. The first kappa shape index (κ1) is 53.8. The molecule has 15 nitrogen and oxygen atoms in total. The zero-order chi connectivity index (χ0) is 48.1. The van der Waals surface area contributed by atoms with E-state index in [-0.39, 0.29) is 60.0 Å². The van der Waals surface area contributed by atoms with Gasteiger partial charge in [-0.1, -0.05) is 85.6 Å². The Bertz CT molecular complexity index is 2000. The van der Waals surface area contributed by atoms with Gasteiger partial charge in [-0.2, -0.15) is 0 Å². The first-order valence-electron chi connectivity index (χ1n) is 22.6. The van der Waals surface area contributed by atoms with Crippen LogP contribution in [-0.4, -0.2) is 123 Å². The Morgan fingerprint density at radius 3 is 2.19 bits per heavy atom. The number of nitrogens with one attached hydrogen (secondary N) is 3. The minimum atomic E-state index is -1.15. The number of para-hydroxylation sites is 1. The molecule has 1 fully saturated rings. The molecule has 5 atom stereocenters. The summed E-state index contributed by atoms with van der Waals surface area (Å²) in [5, 5.41) is 18.7. The van der Waals surface area contributed by atoms with Crippen LogP contribution >= 0.6 is 11.8 Å². The summed E-state index contributed by atoms with van der Waals surface area (Å²) >= 11 is 1.10. The van der Waals surface area contributed by atoms with Crippen molar-refractivity contribution in [2.24, 2.45) is 24.1 Å². The number of imide groups is 1. The number of likely N-dealkylation sites (tertiary alicyclic amines) is 1. The summed E-state index contributed by atoms with van der Waals surface area (Å²) < 4.78 is 2.06. The molecule has 0 saturated carbocycles. The Labute approximate surface area is 384 Å². The number of Topliss-reactive ketones (excluding diaryl/α,β-unsaturated/α-hetero) is 1. The molecule has 0 spiro atoms. The average Bonchev–Trinajstić information content (AvgIpc) is 3.71. The summed E-state index contributed by atoms with van der Waals surface area (Å²) in [6, 6.07) is 5.09. The van der Waals surface area contributed by atoms with Crippen LogP contribution in [0.2, 0.25) is 0 Å². The number of carbonyl (C=O) groups excluding carboxylic acids is 6. The molecular weight excluding hydrogens is 835 g/mol. The number of nitrogens with zero attached hydrogens (tertiary/aromatic N) is 3. The highest BCUT2D eigenvalue weighted by molar-refractivity contribution is 8.00. The number of rotatable bonds is 26. The number of amides is 5. The normalized spacial score (nSPS) is 16.8. The number of carbonyl (C=O) groups is 7. The van der Waals surface area contributed by atoms with Crippen LogP contribution in [0.4, 0.5) is 0 Å². The van der Waals surface area contributed by atoms with Gasteiger partial charge in [0.15, 0.2) is 0 Å². The van der Waals surface area contributed by atoms with Crippen molar-refractivity contribution in [3.63, 3.8) is 0 Å². The molecule has 64 heavy (non-hydrogen) atoms. The number of hydrogen-bond donors (Lipinski definition) is 5. The van der Waals surface area contributed by atoms with Gasteiger partial charge in [-0.15, -0.1) is 11.8 Å². The van der Waals surface area contributed by atoms with Gasteiger partial charge >= 0.3 is 5.97 Å². The Kier molecular flexibility index (Phi) is 20.3. The maximum atomic E-state index is 14.4. The fourth-order valence-corrected chi connectivity index (χ4v) is 9.42. The average molecular weight is 910 g/mol. The second-order valence-corrected chi connectivity index (χ2v) is 20.5. The number of aromatic nitrogens is 1. The van der Waals surface area contributed by atoms with Crippen molar-refractivity contribution < 1.29 is 38.7 Å². The summed E-state index contributed by atoms with van der Waals surface area (Å²) in [4.78, 5) is 93.0. The summed E-state index contributed by atoms with van der Waals surface area (Å²) in [6.07, 6.45) is 8.91. The number of aliphatic carboxylic acids is 1. The van der Waals surface area contributed by atoms with Crippen molar-refractivity contribution in [1.29, 1.82) is 0 Å². The maximum absolute atomic E-state index is 14.4. The lowest BCUT2D eigenvalue weighted by molar-refractivity contribution is -0.141. The van der Waals surface area contributed by atoms with Crippen LogP contribution < -0.4 is 21.7 Å². The molecule has 2 aromatic rings.